The molecule has 218 valence electrons. The molecule has 8 heteroatoms. The monoisotopic (exact) mass is 553 g/mol. The summed E-state index contributed by atoms with van der Waals surface area (Å²) in [4.78, 5) is 19.5. The van der Waals surface area contributed by atoms with Crippen LogP contribution < -0.4 is 16.0 Å². The average molecular weight is 554 g/mol. The number of allylic oxidation sites excluding steroid dienone is 2. The molecule has 0 spiro atoms. The molecule has 0 heterocycles. The van der Waals surface area contributed by atoms with Gasteiger partial charge in [0.15, 0.2) is 11.6 Å². The number of aliphatic imine (C=N–C) groups is 1. The molecule has 0 bridgehead atoms. The summed E-state index contributed by atoms with van der Waals surface area (Å²) in [5.41, 5.74) is 3.84. The van der Waals surface area contributed by atoms with E-state index < -0.39 is 11.6 Å². The first-order chi connectivity index (χ1) is 19.1. The molecule has 2 aromatic carbocycles. The quantitative estimate of drug-likeness (QED) is 0.165. The molecule has 0 aliphatic rings. The van der Waals surface area contributed by atoms with E-state index in [2.05, 4.69) is 34.8 Å². The number of amides is 1. The Hall–Kier alpha value is -3.68. The Balaban J connectivity index is 2.30. The van der Waals surface area contributed by atoms with Crippen molar-refractivity contribution >= 4 is 28.6 Å². The minimum atomic E-state index is -0.917. The molecule has 3 N–H and O–H groups in total. The molecule has 0 aromatic heterocycles. The van der Waals surface area contributed by atoms with E-state index in [1.54, 1.807) is 20.2 Å². The van der Waals surface area contributed by atoms with Crippen LogP contribution in [0.5, 0.6) is 0 Å². The Labute approximate surface area is 238 Å². The van der Waals surface area contributed by atoms with Gasteiger partial charge in [-0.1, -0.05) is 32.8 Å². The second-order valence-corrected chi connectivity index (χ2v) is 10.1. The number of hydrogen-bond acceptors (Lipinski definition) is 5. The largest absolute Gasteiger partial charge is 0.386 e. The molecular weight excluding hydrogens is 508 g/mol. The smallest absolute Gasteiger partial charge is 0.251 e. The van der Waals surface area contributed by atoms with Gasteiger partial charge in [0.05, 0.1) is 11.4 Å². The first-order valence-electron chi connectivity index (χ1n) is 14.0. The van der Waals surface area contributed by atoms with Gasteiger partial charge in [-0.3, -0.25) is 9.79 Å². The van der Waals surface area contributed by atoms with Gasteiger partial charge in [0.2, 0.25) is 0 Å². The highest BCUT2D eigenvalue weighted by Gasteiger charge is 2.19. The molecule has 1 atom stereocenters. The molecule has 1 amide bonds. The number of halogens is 2. The van der Waals surface area contributed by atoms with Crippen molar-refractivity contribution in [1.82, 2.24) is 10.2 Å². The van der Waals surface area contributed by atoms with Crippen LogP contribution in [0.2, 0.25) is 0 Å². The number of benzene rings is 2. The summed E-state index contributed by atoms with van der Waals surface area (Å²) in [6.07, 6.45) is 9.05. The third kappa shape index (κ3) is 8.66. The van der Waals surface area contributed by atoms with Gasteiger partial charge in [-0.05, 0) is 88.2 Å². The van der Waals surface area contributed by atoms with Gasteiger partial charge in [0, 0.05) is 43.2 Å². The van der Waals surface area contributed by atoms with Crippen LogP contribution in [-0.2, 0) is 0 Å². The summed E-state index contributed by atoms with van der Waals surface area (Å²) in [5, 5.41) is 9.32. The van der Waals surface area contributed by atoms with Crippen LogP contribution in [-0.4, -0.2) is 42.8 Å². The molecule has 0 aliphatic heterocycles. The minimum Gasteiger partial charge on any atom is -0.386 e. The lowest BCUT2D eigenvalue weighted by atomic mass is 10.0. The third-order valence-corrected chi connectivity index (χ3v) is 6.81. The second-order valence-electron chi connectivity index (χ2n) is 10.1. The summed E-state index contributed by atoms with van der Waals surface area (Å²) < 4.78 is 28.9. The van der Waals surface area contributed by atoms with E-state index in [1.807, 2.05) is 63.2 Å². The minimum absolute atomic E-state index is 0.0525. The normalized spacial score (nSPS) is 13.1. The highest BCUT2D eigenvalue weighted by molar-refractivity contribution is 5.96. The van der Waals surface area contributed by atoms with E-state index in [9.17, 15) is 13.6 Å². The third-order valence-electron chi connectivity index (χ3n) is 6.81. The number of carbonyl (C=O) groups is 1. The van der Waals surface area contributed by atoms with E-state index in [4.69, 9.17) is 0 Å². The Morgan fingerprint density at radius 2 is 1.70 bits per heavy atom. The number of aryl methyl sites for hydroxylation is 1. The van der Waals surface area contributed by atoms with Crippen molar-refractivity contribution in [2.75, 3.05) is 24.7 Å². The Bertz CT molecular complexity index is 1230. The highest BCUT2D eigenvalue weighted by Crippen LogP contribution is 2.25. The summed E-state index contributed by atoms with van der Waals surface area (Å²) in [6, 6.07) is 8.91. The van der Waals surface area contributed by atoms with Crippen LogP contribution in [0.1, 0.15) is 81.8 Å². The first-order valence-corrected chi connectivity index (χ1v) is 14.0. The fourth-order valence-corrected chi connectivity index (χ4v) is 4.62. The number of nitrogens with zero attached hydrogens (tertiary/aromatic N) is 2. The number of rotatable bonds is 14. The molecule has 0 saturated carbocycles. The Morgan fingerprint density at radius 3 is 2.27 bits per heavy atom. The standard InChI is InChI=1S/C32H45F2N5O/c1-9-12-24(13-10-2)38-32(40)27-15-14-25(19-21(27)4)37-31(39(8)18-11-3)23(6)36-20-22(5)26-16-17-28(35-7)30(34)29(26)33/h11,14-20,24,31,35,37H,9-10,12-13H2,1-8H3,(H,38,40)/b18-11-,22-20+,36-23?. The van der Waals surface area contributed by atoms with E-state index in [0.29, 0.717) is 16.8 Å². The lowest BCUT2D eigenvalue weighted by Crippen LogP contribution is -2.40. The molecule has 0 radical (unpaired) electrons. The molecule has 0 aliphatic carbocycles. The van der Waals surface area contributed by atoms with Crippen molar-refractivity contribution in [3.8, 4) is 0 Å². The molecular formula is C32H45F2N5O. The lowest BCUT2D eigenvalue weighted by molar-refractivity contribution is 0.0932. The first kappa shape index (κ1) is 32.5. The van der Waals surface area contributed by atoms with E-state index in [1.165, 1.54) is 12.1 Å². The molecule has 0 saturated heterocycles. The van der Waals surface area contributed by atoms with Gasteiger partial charge >= 0.3 is 0 Å². The van der Waals surface area contributed by atoms with Gasteiger partial charge in [-0.2, -0.15) is 0 Å². The zero-order valence-electron chi connectivity index (χ0n) is 25.2. The summed E-state index contributed by atoms with van der Waals surface area (Å²) in [7, 11) is 3.47. The van der Waals surface area contributed by atoms with Crippen LogP contribution in [0.4, 0.5) is 20.2 Å². The topological polar surface area (TPSA) is 68.8 Å². The van der Waals surface area contributed by atoms with Crippen molar-refractivity contribution < 1.29 is 13.6 Å². The van der Waals surface area contributed by atoms with Crippen molar-refractivity contribution in [3.63, 3.8) is 0 Å². The molecule has 0 fully saturated rings. The lowest BCUT2D eigenvalue weighted by Gasteiger charge is -2.29. The van der Waals surface area contributed by atoms with Crippen LogP contribution in [0.25, 0.3) is 5.57 Å². The fraction of sp³-hybridized carbons (Fsp3) is 0.438. The highest BCUT2D eigenvalue weighted by atomic mass is 19.2. The number of hydrogen-bond donors (Lipinski definition) is 3. The van der Waals surface area contributed by atoms with Crippen molar-refractivity contribution in [3.05, 3.63) is 77.1 Å². The van der Waals surface area contributed by atoms with Crippen LogP contribution in [0.15, 0.2) is 53.8 Å². The summed E-state index contributed by atoms with van der Waals surface area (Å²) in [6.45, 7) is 11.7. The maximum atomic E-state index is 14.6. The van der Waals surface area contributed by atoms with Crippen molar-refractivity contribution in [2.45, 2.75) is 79.4 Å². The predicted molar refractivity (Wildman–Crippen MR) is 165 cm³/mol. The molecule has 2 rings (SSSR count). The van der Waals surface area contributed by atoms with E-state index in [0.717, 1.165) is 36.9 Å². The van der Waals surface area contributed by atoms with Crippen LogP contribution in [0.3, 0.4) is 0 Å². The van der Waals surface area contributed by atoms with Crippen molar-refractivity contribution in [1.29, 1.82) is 0 Å². The summed E-state index contributed by atoms with van der Waals surface area (Å²) in [5.74, 6) is -1.88. The molecule has 6 nitrogen and oxygen atoms in total. The fourth-order valence-electron chi connectivity index (χ4n) is 4.62. The predicted octanol–water partition coefficient (Wildman–Crippen LogP) is 7.74. The number of nitrogens with one attached hydrogen (secondary N) is 3. The van der Waals surface area contributed by atoms with Gasteiger partial charge in [-0.25, -0.2) is 8.78 Å². The van der Waals surface area contributed by atoms with Crippen LogP contribution >= 0.6 is 0 Å². The molecule has 1 unspecified atom stereocenters. The SMILES string of the molecule is C/C=C\N(C)C(Nc1ccc(C(=O)NC(CCC)CCC)c(C)c1)C(C)=N/C=C(\C)c1ccc(NC)c(F)c1F. The Morgan fingerprint density at radius 1 is 1.05 bits per heavy atom. The van der Waals surface area contributed by atoms with Crippen LogP contribution in [0, 0.1) is 18.6 Å². The van der Waals surface area contributed by atoms with Gasteiger partial charge in [-0.15, -0.1) is 0 Å². The summed E-state index contributed by atoms with van der Waals surface area (Å²) >= 11 is 0. The van der Waals surface area contributed by atoms with Gasteiger partial charge in [0.1, 0.15) is 6.17 Å². The van der Waals surface area contributed by atoms with E-state index >= 15 is 0 Å². The van der Waals surface area contributed by atoms with E-state index in [-0.39, 0.29) is 29.4 Å². The van der Waals surface area contributed by atoms with Gasteiger partial charge < -0.3 is 20.9 Å². The maximum Gasteiger partial charge on any atom is 0.251 e. The maximum absolute atomic E-state index is 14.6. The zero-order chi connectivity index (χ0) is 29.8. The second kappa shape index (κ2) is 15.8. The number of anilines is 2. The number of carbonyl (C=O) groups excluding carboxylic acids is 1. The zero-order valence-corrected chi connectivity index (χ0v) is 25.2. The average Bonchev–Trinajstić information content (AvgIpc) is 2.92. The van der Waals surface area contributed by atoms with Gasteiger partial charge in [0.25, 0.3) is 5.91 Å². The molecule has 40 heavy (non-hydrogen) atoms. The van der Waals surface area contributed by atoms with Crippen molar-refractivity contribution in [2.24, 2.45) is 4.99 Å². The Kier molecular flexibility index (Phi) is 12.8. The molecule has 2 aromatic rings.